The maximum atomic E-state index is 14.0. The zero-order valence-electron chi connectivity index (χ0n) is 13.3. The number of urea groups is 1. The van der Waals surface area contributed by atoms with Gasteiger partial charge in [-0.15, -0.1) is 10.2 Å². The van der Waals surface area contributed by atoms with Crippen LogP contribution in [0.4, 0.5) is 33.2 Å². The SMILES string of the molecule is COc1cc(-c2ncco2)c(NC(=O)Nc2nnc(C(F)(F)F)s2)cc1F. The number of nitrogens with one attached hydrogen (secondary N) is 2. The van der Waals surface area contributed by atoms with Crippen LogP contribution in [0.5, 0.6) is 5.75 Å². The van der Waals surface area contributed by atoms with Gasteiger partial charge in [0.15, 0.2) is 11.6 Å². The average Bonchev–Trinajstić information content (AvgIpc) is 3.26. The van der Waals surface area contributed by atoms with Crippen LogP contribution in [0.1, 0.15) is 5.01 Å². The van der Waals surface area contributed by atoms with Crippen LogP contribution in [0, 0.1) is 5.82 Å². The van der Waals surface area contributed by atoms with E-state index < -0.39 is 23.0 Å². The molecule has 0 saturated heterocycles. The maximum absolute atomic E-state index is 14.0. The van der Waals surface area contributed by atoms with E-state index in [2.05, 4.69) is 25.8 Å². The predicted octanol–water partition coefficient (Wildman–Crippen LogP) is 4.00. The Kier molecular flexibility index (Phi) is 4.94. The van der Waals surface area contributed by atoms with Crippen molar-refractivity contribution >= 4 is 28.2 Å². The molecule has 142 valence electrons. The molecule has 2 heterocycles. The number of aromatic nitrogens is 3. The van der Waals surface area contributed by atoms with Crippen molar-refractivity contribution in [3.05, 3.63) is 35.4 Å². The summed E-state index contributed by atoms with van der Waals surface area (Å²) in [4.78, 5) is 16.0. The number of anilines is 2. The molecule has 0 aliphatic heterocycles. The second-order valence-corrected chi connectivity index (χ2v) is 5.84. The summed E-state index contributed by atoms with van der Waals surface area (Å²) in [6.07, 6.45) is -2.06. The van der Waals surface area contributed by atoms with Gasteiger partial charge in [-0.1, -0.05) is 11.3 Å². The van der Waals surface area contributed by atoms with Gasteiger partial charge in [-0.3, -0.25) is 5.32 Å². The highest BCUT2D eigenvalue weighted by atomic mass is 32.1. The molecule has 27 heavy (non-hydrogen) atoms. The molecule has 0 aliphatic carbocycles. The molecule has 3 aromatic rings. The van der Waals surface area contributed by atoms with Crippen LogP contribution in [0.15, 0.2) is 29.0 Å². The number of carbonyl (C=O) groups excluding carboxylic acids is 1. The number of hydrogen-bond acceptors (Lipinski definition) is 7. The molecular formula is C14H9F4N5O3S. The molecule has 0 saturated carbocycles. The summed E-state index contributed by atoms with van der Waals surface area (Å²) in [5.41, 5.74) is 0.149. The normalized spacial score (nSPS) is 11.3. The van der Waals surface area contributed by atoms with Crippen LogP contribution in [0.3, 0.4) is 0 Å². The number of rotatable bonds is 4. The highest BCUT2D eigenvalue weighted by Gasteiger charge is 2.35. The van der Waals surface area contributed by atoms with Crippen LogP contribution >= 0.6 is 11.3 Å². The first kappa shape index (κ1) is 18.6. The summed E-state index contributed by atoms with van der Waals surface area (Å²) in [6, 6.07) is 1.25. The second kappa shape index (κ2) is 7.19. The van der Waals surface area contributed by atoms with Crippen molar-refractivity contribution in [1.29, 1.82) is 0 Å². The summed E-state index contributed by atoms with van der Waals surface area (Å²) in [5, 5.41) is 8.97. The highest BCUT2D eigenvalue weighted by Crippen LogP contribution is 2.34. The number of carbonyl (C=O) groups is 1. The fraction of sp³-hybridized carbons (Fsp3) is 0.143. The Hall–Kier alpha value is -3.22. The third-order valence-electron chi connectivity index (χ3n) is 3.09. The Bertz CT molecular complexity index is 958. The number of hydrogen-bond donors (Lipinski definition) is 2. The van der Waals surface area contributed by atoms with E-state index in [1.165, 1.54) is 25.6 Å². The molecule has 0 bridgehead atoms. The number of benzene rings is 1. The zero-order valence-corrected chi connectivity index (χ0v) is 14.1. The molecule has 2 aromatic heterocycles. The maximum Gasteiger partial charge on any atom is 0.445 e. The van der Waals surface area contributed by atoms with Gasteiger partial charge in [-0.25, -0.2) is 14.2 Å². The molecule has 0 aliphatic rings. The number of nitrogens with zero attached hydrogens (tertiary/aromatic N) is 3. The Morgan fingerprint density at radius 3 is 2.63 bits per heavy atom. The number of ether oxygens (including phenoxy) is 1. The van der Waals surface area contributed by atoms with Crippen molar-refractivity contribution in [3.63, 3.8) is 0 Å². The molecule has 0 radical (unpaired) electrons. The third-order valence-corrected chi connectivity index (χ3v) is 3.97. The summed E-state index contributed by atoms with van der Waals surface area (Å²) < 4.78 is 61.6. The Balaban J connectivity index is 1.83. The van der Waals surface area contributed by atoms with E-state index in [1.807, 2.05) is 0 Å². The van der Waals surface area contributed by atoms with Gasteiger partial charge in [-0.05, 0) is 6.07 Å². The van der Waals surface area contributed by atoms with Crippen LogP contribution in [-0.2, 0) is 6.18 Å². The van der Waals surface area contributed by atoms with Gasteiger partial charge < -0.3 is 14.5 Å². The van der Waals surface area contributed by atoms with Gasteiger partial charge in [0.1, 0.15) is 6.26 Å². The number of alkyl halides is 3. The van der Waals surface area contributed by atoms with Crippen molar-refractivity contribution < 1.29 is 31.5 Å². The lowest BCUT2D eigenvalue weighted by Gasteiger charge is -2.11. The molecule has 3 rings (SSSR count). The van der Waals surface area contributed by atoms with Crippen molar-refractivity contribution in [2.24, 2.45) is 0 Å². The summed E-state index contributed by atoms with van der Waals surface area (Å²) in [5.74, 6) is -0.828. The molecule has 13 heteroatoms. The van der Waals surface area contributed by atoms with E-state index in [1.54, 1.807) is 0 Å². The minimum atomic E-state index is -4.68. The van der Waals surface area contributed by atoms with Gasteiger partial charge >= 0.3 is 12.2 Å². The number of methoxy groups -OCH3 is 1. The van der Waals surface area contributed by atoms with E-state index >= 15 is 0 Å². The zero-order chi connectivity index (χ0) is 19.6. The predicted molar refractivity (Wildman–Crippen MR) is 86.0 cm³/mol. The topological polar surface area (TPSA) is 102 Å². The van der Waals surface area contributed by atoms with Crippen molar-refractivity contribution in [2.45, 2.75) is 6.18 Å². The van der Waals surface area contributed by atoms with Crippen molar-refractivity contribution in [1.82, 2.24) is 15.2 Å². The number of amides is 2. The minimum absolute atomic E-state index is 0.0474. The van der Waals surface area contributed by atoms with Gasteiger partial charge in [0, 0.05) is 6.07 Å². The van der Waals surface area contributed by atoms with Gasteiger partial charge in [0.05, 0.1) is 24.6 Å². The van der Waals surface area contributed by atoms with Crippen LogP contribution in [-0.4, -0.2) is 28.3 Å². The van der Waals surface area contributed by atoms with Crippen LogP contribution in [0.25, 0.3) is 11.5 Å². The molecule has 0 spiro atoms. The lowest BCUT2D eigenvalue weighted by Crippen LogP contribution is -2.20. The van der Waals surface area contributed by atoms with Crippen molar-refractivity contribution in [2.75, 3.05) is 17.7 Å². The van der Waals surface area contributed by atoms with E-state index in [9.17, 15) is 22.4 Å². The van der Waals surface area contributed by atoms with E-state index in [-0.39, 0.29) is 39.4 Å². The quantitative estimate of drug-likeness (QED) is 0.639. The van der Waals surface area contributed by atoms with Crippen molar-refractivity contribution in [3.8, 4) is 17.2 Å². The Morgan fingerprint density at radius 2 is 2.04 bits per heavy atom. The standard InChI is InChI=1S/C14H9F4N5O3S/c1-25-9-4-6(10-19-2-3-26-10)8(5-7(9)15)20-12(24)21-13-23-22-11(27-13)14(16,17)18/h2-5H,1H3,(H2,20,21,23,24). The van der Waals surface area contributed by atoms with Gasteiger partial charge in [0.2, 0.25) is 16.0 Å². The van der Waals surface area contributed by atoms with Crippen LogP contribution < -0.4 is 15.4 Å². The number of halogens is 4. The molecule has 0 atom stereocenters. The molecule has 2 amide bonds. The molecule has 1 aromatic carbocycles. The van der Waals surface area contributed by atoms with Gasteiger partial charge in [-0.2, -0.15) is 13.2 Å². The fourth-order valence-corrected chi connectivity index (χ4v) is 2.59. The first-order chi connectivity index (χ1) is 12.8. The van der Waals surface area contributed by atoms with E-state index in [0.717, 1.165) is 6.07 Å². The van der Waals surface area contributed by atoms with Gasteiger partial charge in [0.25, 0.3) is 0 Å². The Morgan fingerprint density at radius 1 is 1.26 bits per heavy atom. The van der Waals surface area contributed by atoms with Crippen LogP contribution in [0.2, 0.25) is 0 Å². The largest absolute Gasteiger partial charge is 0.494 e. The molecule has 0 unspecified atom stereocenters. The van der Waals surface area contributed by atoms with E-state index in [4.69, 9.17) is 9.15 Å². The minimum Gasteiger partial charge on any atom is -0.494 e. The summed E-state index contributed by atoms with van der Waals surface area (Å²) in [6.45, 7) is 0. The monoisotopic (exact) mass is 403 g/mol. The highest BCUT2D eigenvalue weighted by molar-refractivity contribution is 7.15. The first-order valence-electron chi connectivity index (χ1n) is 7.04. The summed E-state index contributed by atoms with van der Waals surface area (Å²) in [7, 11) is 1.26. The lowest BCUT2D eigenvalue weighted by atomic mass is 10.1. The molecule has 0 fully saturated rings. The molecule has 8 nitrogen and oxygen atoms in total. The first-order valence-corrected chi connectivity index (χ1v) is 7.85. The van der Waals surface area contributed by atoms with E-state index in [0.29, 0.717) is 0 Å². The third kappa shape index (κ3) is 4.13. The Labute approximate surface area is 152 Å². The summed E-state index contributed by atoms with van der Waals surface area (Å²) >= 11 is 0.146. The number of oxazole rings is 1. The molecular weight excluding hydrogens is 394 g/mol. The average molecular weight is 403 g/mol. The lowest BCUT2D eigenvalue weighted by molar-refractivity contribution is -0.138. The molecule has 2 N–H and O–H groups in total. The smallest absolute Gasteiger partial charge is 0.445 e. The fourth-order valence-electron chi connectivity index (χ4n) is 1.99. The second-order valence-electron chi connectivity index (χ2n) is 4.86.